The van der Waals surface area contributed by atoms with Gasteiger partial charge in [0.05, 0.1) is 0 Å². The van der Waals surface area contributed by atoms with Crippen molar-refractivity contribution in [1.82, 2.24) is 4.90 Å². The highest BCUT2D eigenvalue weighted by Crippen LogP contribution is 2.22. The molecule has 1 rings (SSSR count). The fourth-order valence-corrected chi connectivity index (χ4v) is 2.20. The van der Waals surface area contributed by atoms with E-state index in [-0.39, 0.29) is 5.91 Å². The zero-order chi connectivity index (χ0) is 10.4. The second-order valence-corrected chi connectivity index (χ2v) is 4.47. The molecule has 0 aromatic carbocycles. The largest absolute Gasteiger partial charge is 0.343 e. The summed E-state index contributed by atoms with van der Waals surface area (Å²) in [6, 6.07) is 0.492. The van der Waals surface area contributed by atoms with E-state index >= 15 is 0 Å². The van der Waals surface area contributed by atoms with E-state index in [0.29, 0.717) is 18.3 Å². The van der Waals surface area contributed by atoms with Crippen LogP contribution in [0.25, 0.3) is 0 Å². The third kappa shape index (κ3) is 3.49. The Morgan fingerprint density at radius 2 is 2.00 bits per heavy atom. The van der Waals surface area contributed by atoms with Crippen LogP contribution < -0.4 is 0 Å². The Kier molecular flexibility index (Phi) is 5.31. The van der Waals surface area contributed by atoms with Gasteiger partial charge in [-0.25, -0.2) is 0 Å². The predicted octanol–water partition coefficient (Wildman–Crippen LogP) is 2.80. The van der Waals surface area contributed by atoms with Crippen LogP contribution in [-0.4, -0.2) is 29.8 Å². The predicted molar refractivity (Wildman–Crippen MR) is 59.6 cm³/mol. The van der Waals surface area contributed by atoms with Crippen molar-refractivity contribution in [3.05, 3.63) is 0 Å². The highest BCUT2D eigenvalue weighted by atomic mass is 35.5. The Labute approximate surface area is 91.6 Å². The molecule has 82 valence electrons. The third-order valence-corrected chi connectivity index (χ3v) is 3.31. The first-order valence-corrected chi connectivity index (χ1v) is 6.10. The van der Waals surface area contributed by atoms with Crippen molar-refractivity contribution >= 4 is 17.5 Å². The van der Waals surface area contributed by atoms with Crippen molar-refractivity contribution in [1.29, 1.82) is 0 Å². The van der Waals surface area contributed by atoms with Crippen LogP contribution in [0.1, 0.15) is 44.9 Å². The third-order valence-electron chi connectivity index (χ3n) is 3.04. The van der Waals surface area contributed by atoms with Gasteiger partial charge in [-0.15, -0.1) is 11.6 Å². The molecule has 0 atom stereocenters. The average molecular weight is 218 g/mol. The van der Waals surface area contributed by atoms with Gasteiger partial charge in [0.15, 0.2) is 0 Å². The molecule has 0 aliphatic heterocycles. The van der Waals surface area contributed by atoms with Crippen LogP contribution in [0.4, 0.5) is 0 Å². The van der Waals surface area contributed by atoms with Crippen LogP contribution in [0, 0.1) is 0 Å². The molecule has 0 bridgehead atoms. The van der Waals surface area contributed by atoms with Crippen molar-refractivity contribution in [3.8, 4) is 0 Å². The quantitative estimate of drug-likeness (QED) is 0.664. The summed E-state index contributed by atoms with van der Waals surface area (Å²) in [6.45, 7) is 0. The standard InChI is InChI=1S/C11H20ClNO/c1-13(11(14)8-5-9-12)10-6-3-2-4-7-10/h10H,2-9H2,1H3. The zero-order valence-electron chi connectivity index (χ0n) is 8.97. The minimum atomic E-state index is 0.262. The van der Waals surface area contributed by atoms with Gasteiger partial charge in [0.2, 0.25) is 5.91 Å². The number of nitrogens with zero attached hydrogens (tertiary/aromatic N) is 1. The van der Waals surface area contributed by atoms with Crippen molar-refractivity contribution in [2.45, 2.75) is 51.0 Å². The molecule has 0 unspecified atom stereocenters. The molecule has 0 heterocycles. The summed E-state index contributed by atoms with van der Waals surface area (Å²) in [5.41, 5.74) is 0. The van der Waals surface area contributed by atoms with Crippen molar-refractivity contribution in [2.24, 2.45) is 0 Å². The average Bonchev–Trinajstić information content (AvgIpc) is 2.26. The van der Waals surface area contributed by atoms with Crippen molar-refractivity contribution in [2.75, 3.05) is 12.9 Å². The molecule has 0 N–H and O–H groups in total. The fraction of sp³-hybridized carbons (Fsp3) is 0.909. The molecular formula is C11H20ClNO. The SMILES string of the molecule is CN(C(=O)CCCCl)C1CCCCC1. The second kappa shape index (κ2) is 6.28. The minimum Gasteiger partial charge on any atom is -0.343 e. The van der Waals surface area contributed by atoms with Crippen LogP contribution in [0.3, 0.4) is 0 Å². The maximum Gasteiger partial charge on any atom is 0.222 e. The number of carbonyl (C=O) groups is 1. The number of amides is 1. The topological polar surface area (TPSA) is 20.3 Å². The first-order valence-electron chi connectivity index (χ1n) is 5.57. The van der Waals surface area contributed by atoms with E-state index in [1.807, 2.05) is 11.9 Å². The number of rotatable bonds is 4. The van der Waals surface area contributed by atoms with E-state index in [4.69, 9.17) is 11.6 Å². The summed E-state index contributed by atoms with van der Waals surface area (Å²) in [7, 11) is 1.94. The molecule has 3 heteroatoms. The maximum absolute atomic E-state index is 11.7. The lowest BCUT2D eigenvalue weighted by Gasteiger charge is -2.31. The van der Waals surface area contributed by atoms with Gasteiger partial charge < -0.3 is 4.90 Å². The van der Waals surface area contributed by atoms with Gasteiger partial charge in [0, 0.05) is 25.4 Å². The summed E-state index contributed by atoms with van der Waals surface area (Å²) in [5, 5.41) is 0. The minimum absolute atomic E-state index is 0.262. The van der Waals surface area contributed by atoms with Crippen LogP contribution >= 0.6 is 11.6 Å². The van der Waals surface area contributed by atoms with E-state index in [1.54, 1.807) is 0 Å². The van der Waals surface area contributed by atoms with Gasteiger partial charge in [0.1, 0.15) is 0 Å². The molecule has 0 aromatic rings. The smallest absolute Gasteiger partial charge is 0.222 e. The summed E-state index contributed by atoms with van der Waals surface area (Å²) < 4.78 is 0. The van der Waals surface area contributed by atoms with Crippen molar-refractivity contribution in [3.63, 3.8) is 0 Å². The Morgan fingerprint density at radius 1 is 1.36 bits per heavy atom. The normalized spacial score (nSPS) is 18.1. The van der Waals surface area contributed by atoms with E-state index < -0.39 is 0 Å². The Morgan fingerprint density at radius 3 is 2.57 bits per heavy atom. The molecule has 0 radical (unpaired) electrons. The molecule has 1 aliphatic carbocycles. The number of hydrogen-bond donors (Lipinski definition) is 0. The van der Waals surface area contributed by atoms with E-state index in [1.165, 1.54) is 32.1 Å². The van der Waals surface area contributed by atoms with E-state index in [0.717, 1.165) is 6.42 Å². The van der Waals surface area contributed by atoms with Gasteiger partial charge in [-0.05, 0) is 19.3 Å². The van der Waals surface area contributed by atoms with Crippen LogP contribution in [0.2, 0.25) is 0 Å². The molecule has 1 saturated carbocycles. The second-order valence-electron chi connectivity index (χ2n) is 4.09. The Bertz CT molecular complexity index is 178. The monoisotopic (exact) mass is 217 g/mol. The van der Waals surface area contributed by atoms with Crippen LogP contribution in [0.15, 0.2) is 0 Å². The summed E-state index contributed by atoms with van der Waals surface area (Å²) >= 11 is 5.57. The first-order chi connectivity index (χ1) is 6.75. The molecule has 1 aliphatic rings. The van der Waals surface area contributed by atoms with E-state index in [9.17, 15) is 4.79 Å². The first kappa shape index (κ1) is 11.8. The van der Waals surface area contributed by atoms with Gasteiger partial charge in [-0.2, -0.15) is 0 Å². The number of hydrogen-bond acceptors (Lipinski definition) is 1. The van der Waals surface area contributed by atoms with Gasteiger partial charge in [0.25, 0.3) is 0 Å². The molecule has 2 nitrogen and oxygen atoms in total. The summed E-state index contributed by atoms with van der Waals surface area (Å²) in [6.07, 6.45) is 7.66. The Balaban J connectivity index is 2.30. The number of alkyl halides is 1. The highest BCUT2D eigenvalue weighted by molar-refractivity contribution is 6.17. The van der Waals surface area contributed by atoms with Gasteiger partial charge >= 0.3 is 0 Å². The summed E-state index contributed by atoms with van der Waals surface area (Å²) in [4.78, 5) is 13.6. The molecule has 14 heavy (non-hydrogen) atoms. The lowest BCUT2D eigenvalue weighted by Crippen LogP contribution is -2.38. The highest BCUT2D eigenvalue weighted by Gasteiger charge is 2.21. The van der Waals surface area contributed by atoms with E-state index in [2.05, 4.69) is 0 Å². The summed E-state index contributed by atoms with van der Waals surface area (Å²) in [5.74, 6) is 0.849. The van der Waals surface area contributed by atoms with Crippen LogP contribution in [-0.2, 0) is 4.79 Å². The molecular weight excluding hydrogens is 198 g/mol. The number of halogens is 1. The molecule has 0 aromatic heterocycles. The molecule has 0 saturated heterocycles. The fourth-order valence-electron chi connectivity index (χ4n) is 2.07. The van der Waals surface area contributed by atoms with Gasteiger partial charge in [-0.1, -0.05) is 19.3 Å². The molecule has 1 amide bonds. The molecule has 0 spiro atoms. The van der Waals surface area contributed by atoms with Crippen molar-refractivity contribution < 1.29 is 4.79 Å². The molecule has 1 fully saturated rings. The Hall–Kier alpha value is -0.240. The zero-order valence-corrected chi connectivity index (χ0v) is 9.72. The van der Waals surface area contributed by atoms with Gasteiger partial charge in [-0.3, -0.25) is 4.79 Å². The lowest BCUT2D eigenvalue weighted by atomic mass is 9.94. The lowest BCUT2D eigenvalue weighted by molar-refractivity contribution is -0.132. The number of carbonyl (C=O) groups excluding carboxylic acids is 1. The van der Waals surface area contributed by atoms with Crippen LogP contribution in [0.5, 0.6) is 0 Å². The maximum atomic E-state index is 11.7.